The van der Waals surface area contributed by atoms with Crippen LogP contribution >= 0.6 is 23.4 Å². The number of halogens is 1. The lowest BCUT2D eigenvalue weighted by molar-refractivity contribution is -0.113. The van der Waals surface area contributed by atoms with Gasteiger partial charge in [-0.3, -0.25) is 4.79 Å². The van der Waals surface area contributed by atoms with Gasteiger partial charge in [0.2, 0.25) is 11.8 Å². The first kappa shape index (κ1) is 14.8. The minimum atomic E-state index is -0.178. The second kappa shape index (κ2) is 6.74. The minimum Gasteiger partial charge on any atom is -0.415 e. The highest BCUT2D eigenvalue weighted by Crippen LogP contribution is 2.21. The zero-order valence-electron chi connectivity index (χ0n) is 10.7. The van der Waals surface area contributed by atoms with Gasteiger partial charge in [-0.25, -0.2) is 0 Å². The molecular formula is C12H13ClN4O2S. The molecule has 0 unspecified atom stereocenters. The number of anilines is 1. The van der Waals surface area contributed by atoms with Gasteiger partial charge in [-0.05, 0) is 24.6 Å². The van der Waals surface area contributed by atoms with E-state index in [4.69, 9.17) is 21.8 Å². The van der Waals surface area contributed by atoms with Gasteiger partial charge in [0.05, 0.1) is 12.3 Å². The summed E-state index contributed by atoms with van der Waals surface area (Å²) in [6, 6.07) is 5.35. The molecule has 0 radical (unpaired) electrons. The SMILES string of the molecule is Cc1ccc(NC(=O)CSc2nnc(CN)o2)cc1Cl. The average molecular weight is 313 g/mol. The maximum atomic E-state index is 11.8. The monoisotopic (exact) mass is 312 g/mol. The number of nitrogens with zero attached hydrogens (tertiary/aromatic N) is 2. The van der Waals surface area contributed by atoms with E-state index >= 15 is 0 Å². The Bertz CT molecular complexity index is 617. The Morgan fingerprint density at radius 1 is 1.50 bits per heavy atom. The van der Waals surface area contributed by atoms with Crippen LogP contribution < -0.4 is 11.1 Å². The van der Waals surface area contributed by atoms with E-state index in [0.717, 1.165) is 17.3 Å². The number of nitrogens with one attached hydrogen (secondary N) is 1. The van der Waals surface area contributed by atoms with Gasteiger partial charge in [0.25, 0.3) is 5.22 Å². The third-order valence-electron chi connectivity index (χ3n) is 2.41. The summed E-state index contributed by atoms with van der Waals surface area (Å²) < 4.78 is 5.18. The van der Waals surface area contributed by atoms with Gasteiger partial charge in [0.1, 0.15) is 0 Å². The number of aromatic nitrogens is 2. The fourth-order valence-corrected chi connectivity index (χ4v) is 2.13. The Labute approximate surface area is 125 Å². The predicted molar refractivity (Wildman–Crippen MR) is 77.7 cm³/mol. The smallest absolute Gasteiger partial charge is 0.277 e. The van der Waals surface area contributed by atoms with Crippen LogP contribution in [0.3, 0.4) is 0 Å². The molecule has 1 amide bonds. The van der Waals surface area contributed by atoms with E-state index in [-0.39, 0.29) is 18.2 Å². The van der Waals surface area contributed by atoms with E-state index in [0.29, 0.717) is 21.8 Å². The van der Waals surface area contributed by atoms with Crippen LogP contribution in [0.25, 0.3) is 0 Å². The lowest BCUT2D eigenvalue weighted by atomic mass is 10.2. The van der Waals surface area contributed by atoms with E-state index in [1.807, 2.05) is 13.0 Å². The maximum Gasteiger partial charge on any atom is 0.277 e. The summed E-state index contributed by atoms with van der Waals surface area (Å²) in [7, 11) is 0. The molecule has 0 saturated heterocycles. The van der Waals surface area contributed by atoms with Gasteiger partial charge in [0, 0.05) is 10.7 Å². The number of amides is 1. The Morgan fingerprint density at radius 3 is 2.95 bits per heavy atom. The number of carbonyl (C=O) groups is 1. The molecule has 2 aromatic rings. The molecule has 1 heterocycles. The lowest BCUT2D eigenvalue weighted by Crippen LogP contribution is -2.14. The number of rotatable bonds is 5. The van der Waals surface area contributed by atoms with Gasteiger partial charge in [-0.1, -0.05) is 29.4 Å². The quantitative estimate of drug-likeness (QED) is 0.822. The van der Waals surface area contributed by atoms with Crippen LogP contribution in [0.15, 0.2) is 27.8 Å². The van der Waals surface area contributed by atoms with E-state index in [2.05, 4.69) is 15.5 Å². The Kier molecular flexibility index (Phi) is 4.99. The minimum absolute atomic E-state index is 0.164. The Balaban J connectivity index is 1.87. The first-order valence-corrected chi connectivity index (χ1v) is 7.16. The van der Waals surface area contributed by atoms with Crippen LogP contribution in [0, 0.1) is 6.92 Å². The van der Waals surface area contributed by atoms with E-state index < -0.39 is 0 Å². The van der Waals surface area contributed by atoms with Crippen molar-refractivity contribution in [2.24, 2.45) is 5.73 Å². The molecule has 8 heteroatoms. The van der Waals surface area contributed by atoms with Crippen molar-refractivity contribution in [3.63, 3.8) is 0 Å². The largest absolute Gasteiger partial charge is 0.415 e. The Hall–Kier alpha value is -1.57. The maximum absolute atomic E-state index is 11.8. The third kappa shape index (κ3) is 3.96. The number of hydrogen-bond donors (Lipinski definition) is 2. The molecule has 1 aromatic carbocycles. The molecule has 0 aliphatic carbocycles. The fourth-order valence-electron chi connectivity index (χ4n) is 1.37. The van der Waals surface area contributed by atoms with Crippen molar-refractivity contribution in [3.05, 3.63) is 34.7 Å². The van der Waals surface area contributed by atoms with Gasteiger partial charge in [0.15, 0.2) is 0 Å². The molecule has 2 rings (SSSR count). The van der Waals surface area contributed by atoms with Crippen LogP contribution in [0.1, 0.15) is 11.5 Å². The van der Waals surface area contributed by atoms with E-state index in [1.54, 1.807) is 12.1 Å². The van der Waals surface area contributed by atoms with Gasteiger partial charge < -0.3 is 15.5 Å². The van der Waals surface area contributed by atoms with Crippen LogP contribution in [0.5, 0.6) is 0 Å². The first-order valence-electron chi connectivity index (χ1n) is 5.79. The molecule has 106 valence electrons. The lowest BCUT2D eigenvalue weighted by Gasteiger charge is -2.05. The molecule has 0 spiro atoms. The predicted octanol–water partition coefficient (Wildman–Crippen LogP) is 2.22. The second-order valence-corrected chi connectivity index (χ2v) is 5.30. The van der Waals surface area contributed by atoms with Crippen molar-refractivity contribution in [2.75, 3.05) is 11.1 Å². The topological polar surface area (TPSA) is 94.0 Å². The summed E-state index contributed by atoms with van der Waals surface area (Å²) in [6.07, 6.45) is 0. The average Bonchev–Trinajstić information content (AvgIpc) is 2.89. The van der Waals surface area contributed by atoms with Gasteiger partial charge in [-0.15, -0.1) is 10.2 Å². The van der Waals surface area contributed by atoms with Crippen molar-refractivity contribution >= 4 is 35.0 Å². The Morgan fingerprint density at radius 2 is 2.30 bits per heavy atom. The second-order valence-electron chi connectivity index (χ2n) is 3.97. The summed E-state index contributed by atoms with van der Waals surface area (Å²) >= 11 is 7.14. The van der Waals surface area contributed by atoms with Crippen molar-refractivity contribution < 1.29 is 9.21 Å². The molecule has 0 aliphatic heterocycles. The third-order valence-corrected chi connectivity index (χ3v) is 3.63. The molecule has 0 aliphatic rings. The normalized spacial score (nSPS) is 10.6. The van der Waals surface area contributed by atoms with Crippen molar-refractivity contribution in [1.82, 2.24) is 10.2 Å². The number of carbonyl (C=O) groups excluding carboxylic acids is 1. The zero-order chi connectivity index (χ0) is 14.5. The standard InChI is InChI=1S/C12H13ClN4O2S/c1-7-2-3-8(4-9(7)13)15-10(18)6-20-12-17-16-11(5-14)19-12/h2-4H,5-6,14H2,1H3,(H,15,18). The first-order chi connectivity index (χ1) is 9.58. The number of benzene rings is 1. The van der Waals surface area contributed by atoms with Crippen molar-refractivity contribution in [2.45, 2.75) is 18.7 Å². The van der Waals surface area contributed by atoms with E-state index in [1.165, 1.54) is 0 Å². The number of hydrogen-bond acceptors (Lipinski definition) is 6. The molecule has 6 nitrogen and oxygen atoms in total. The molecule has 1 aromatic heterocycles. The molecular weight excluding hydrogens is 300 g/mol. The van der Waals surface area contributed by atoms with Crippen LogP contribution in [0.4, 0.5) is 5.69 Å². The number of aryl methyl sites for hydroxylation is 1. The molecule has 20 heavy (non-hydrogen) atoms. The van der Waals surface area contributed by atoms with Gasteiger partial charge >= 0.3 is 0 Å². The molecule has 0 fully saturated rings. The van der Waals surface area contributed by atoms with E-state index in [9.17, 15) is 4.79 Å². The fraction of sp³-hybridized carbons (Fsp3) is 0.250. The van der Waals surface area contributed by atoms with Gasteiger partial charge in [-0.2, -0.15) is 0 Å². The summed E-state index contributed by atoms with van der Waals surface area (Å²) in [5, 5.41) is 11.1. The molecule has 0 bridgehead atoms. The molecule has 3 N–H and O–H groups in total. The number of nitrogens with two attached hydrogens (primary N) is 1. The van der Waals surface area contributed by atoms with Crippen molar-refractivity contribution in [1.29, 1.82) is 0 Å². The van der Waals surface area contributed by atoms with Crippen LogP contribution in [0.2, 0.25) is 5.02 Å². The van der Waals surface area contributed by atoms with Crippen LogP contribution in [-0.2, 0) is 11.3 Å². The number of thioether (sulfide) groups is 1. The van der Waals surface area contributed by atoms with Crippen molar-refractivity contribution in [3.8, 4) is 0 Å². The highest BCUT2D eigenvalue weighted by Gasteiger charge is 2.09. The molecule has 0 saturated carbocycles. The molecule has 0 atom stereocenters. The zero-order valence-corrected chi connectivity index (χ0v) is 12.3. The van der Waals surface area contributed by atoms with Crippen LogP contribution in [-0.4, -0.2) is 21.9 Å². The summed E-state index contributed by atoms with van der Waals surface area (Å²) in [6.45, 7) is 2.08. The highest BCUT2D eigenvalue weighted by molar-refractivity contribution is 7.99. The highest BCUT2D eigenvalue weighted by atomic mass is 35.5. The summed E-state index contributed by atoms with van der Waals surface area (Å²) in [4.78, 5) is 11.8. The summed E-state index contributed by atoms with van der Waals surface area (Å²) in [5.74, 6) is 0.332. The summed E-state index contributed by atoms with van der Waals surface area (Å²) in [5.41, 5.74) is 6.96.